The van der Waals surface area contributed by atoms with E-state index in [9.17, 15) is 10.1 Å². The Morgan fingerprint density at radius 2 is 2.11 bits per heavy atom. The van der Waals surface area contributed by atoms with Crippen molar-refractivity contribution in [3.63, 3.8) is 0 Å². The van der Waals surface area contributed by atoms with E-state index in [0.29, 0.717) is 37.5 Å². The Labute approximate surface area is 215 Å². The van der Waals surface area contributed by atoms with Gasteiger partial charge >= 0.3 is 6.01 Å². The van der Waals surface area contributed by atoms with Crippen molar-refractivity contribution in [2.24, 2.45) is 22.2 Å². The zero-order valence-corrected chi connectivity index (χ0v) is 20.7. The molecule has 0 radical (unpaired) electrons. The van der Waals surface area contributed by atoms with Gasteiger partial charge in [-0.15, -0.1) is 0 Å². The molecule has 11 nitrogen and oxygen atoms in total. The van der Waals surface area contributed by atoms with Crippen molar-refractivity contribution in [3.8, 4) is 12.1 Å². The van der Waals surface area contributed by atoms with Crippen molar-refractivity contribution in [2.75, 3.05) is 44.4 Å². The van der Waals surface area contributed by atoms with Crippen molar-refractivity contribution in [1.29, 1.82) is 5.26 Å². The minimum Gasteiger partial charge on any atom is -0.462 e. The molecule has 1 unspecified atom stereocenters. The highest BCUT2D eigenvalue weighted by Crippen LogP contribution is 2.44. The predicted molar refractivity (Wildman–Crippen MR) is 133 cm³/mol. The molecule has 2 aromatic heterocycles. The van der Waals surface area contributed by atoms with Gasteiger partial charge in [-0.3, -0.25) is 14.8 Å². The Morgan fingerprint density at radius 1 is 1.24 bits per heavy atom. The van der Waals surface area contributed by atoms with Gasteiger partial charge in [0.05, 0.1) is 30.3 Å². The minimum atomic E-state index is -0.469. The summed E-state index contributed by atoms with van der Waals surface area (Å²) >= 11 is 0. The van der Waals surface area contributed by atoms with Gasteiger partial charge < -0.3 is 19.7 Å². The number of aliphatic imine (C=N–C) groups is 1. The van der Waals surface area contributed by atoms with Gasteiger partial charge in [0.1, 0.15) is 6.61 Å². The van der Waals surface area contributed by atoms with E-state index >= 15 is 0 Å². The standard InChI is InChI=1S/C26H30N8O3/c27-15-26(6-7-26)16-37-25-32-22(23(35)30-12-17-5-11-36-14-17)31-24(33-25)34-9-3-18(4-10-34)21-19-2-1-8-28-20(19)13-29-21/h1-2,8,17-18H,3-7,9-14,16H2,(H,30,35). The van der Waals surface area contributed by atoms with Crippen molar-refractivity contribution < 1.29 is 14.3 Å². The zero-order chi connectivity index (χ0) is 25.2. The van der Waals surface area contributed by atoms with Crippen LogP contribution in [0.4, 0.5) is 5.95 Å². The summed E-state index contributed by atoms with van der Waals surface area (Å²) in [6.45, 7) is 4.19. The Kier molecular flexibility index (Phi) is 6.42. The molecule has 5 heterocycles. The lowest BCUT2D eigenvalue weighted by Crippen LogP contribution is -2.38. The molecule has 192 valence electrons. The van der Waals surface area contributed by atoms with Gasteiger partial charge in [0.2, 0.25) is 11.8 Å². The van der Waals surface area contributed by atoms with Gasteiger partial charge in [-0.2, -0.15) is 20.2 Å². The van der Waals surface area contributed by atoms with Crippen LogP contribution in [-0.2, 0) is 11.3 Å². The fourth-order valence-electron chi connectivity index (χ4n) is 5.10. The van der Waals surface area contributed by atoms with Crippen LogP contribution in [0.5, 0.6) is 6.01 Å². The molecule has 1 amide bonds. The SMILES string of the molecule is N#CC1(COc2nc(C(=O)NCC3CCOC3)nc(N3CCC(C4=NCc5ncccc54)CC3)n2)CC1. The summed E-state index contributed by atoms with van der Waals surface area (Å²) in [5, 5.41) is 12.3. The number of hydrogen-bond acceptors (Lipinski definition) is 10. The second-order valence-electron chi connectivity index (χ2n) is 10.3. The van der Waals surface area contributed by atoms with Crippen LogP contribution >= 0.6 is 0 Å². The topological polar surface area (TPSA) is 139 Å². The summed E-state index contributed by atoms with van der Waals surface area (Å²) in [5.41, 5.74) is 2.88. The smallest absolute Gasteiger partial charge is 0.322 e. The Balaban J connectivity index is 1.16. The second-order valence-corrected chi connectivity index (χ2v) is 10.3. The Morgan fingerprint density at radius 3 is 2.86 bits per heavy atom. The van der Waals surface area contributed by atoms with E-state index in [4.69, 9.17) is 14.5 Å². The molecule has 4 aliphatic rings. The normalized spacial score (nSPS) is 22.2. The van der Waals surface area contributed by atoms with Crippen LogP contribution in [0.3, 0.4) is 0 Å². The summed E-state index contributed by atoms with van der Waals surface area (Å²) in [6, 6.07) is 6.47. The first kappa shape index (κ1) is 23.7. The summed E-state index contributed by atoms with van der Waals surface area (Å²) < 4.78 is 11.2. The molecule has 0 aromatic carbocycles. The van der Waals surface area contributed by atoms with E-state index in [1.54, 1.807) is 0 Å². The number of aromatic nitrogens is 4. The Bertz CT molecular complexity index is 1240. The summed E-state index contributed by atoms with van der Waals surface area (Å²) in [5.74, 6) is 0.740. The van der Waals surface area contributed by atoms with Gasteiger partial charge in [-0.05, 0) is 44.2 Å². The van der Waals surface area contributed by atoms with Gasteiger partial charge in [0, 0.05) is 55.5 Å². The highest BCUT2D eigenvalue weighted by molar-refractivity contribution is 6.04. The number of pyridine rings is 1. The van der Waals surface area contributed by atoms with E-state index < -0.39 is 5.41 Å². The predicted octanol–water partition coefficient (Wildman–Crippen LogP) is 1.93. The molecule has 11 heteroatoms. The third kappa shape index (κ3) is 5.11. The number of nitrogens with one attached hydrogen (secondary N) is 1. The number of amides is 1. The molecular weight excluding hydrogens is 472 g/mol. The monoisotopic (exact) mass is 502 g/mol. The van der Waals surface area contributed by atoms with Crippen LogP contribution in [0.25, 0.3) is 0 Å². The van der Waals surface area contributed by atoms with Crippen LogP contribution in [0, 0.1) is 28.6 Å². The number of hydrogen-bond donors (Lipinski definition) is 1. The lowest BCUT2D eigenvalue weighted by Gasteiger charge is -2.32. The molecule has 3 fully saturated rings. The van der Waals surface area contributed by atoms with E-state index in [1.165, 1.54) is 0 Å². The van der Waals surface area contributed by atoms with E-state index in [2.05, 4.69) is 42.3 Å². The second kappa shape index (κ2) is 10.0. The third-order valence-corrected chi connectivity index (χ3v) is 7.68. The van der Waals surface area contributed by atoms with Gasteiger partial charge in [-0.1, -0.05) is 0 Å². The number of carbonyl (C=O) groups is 1. The van der Waals surface area contributed by atoms with E-state index in [1.807, 2.05) is 12.3 Å². The lowest BCUT2D eigenvalue weighted by molar-refractivity contribution is 0.0932. The number of rotatable bonds is 8. The summed E-state index contributed by atoms with van der Waals surface area (Å²) in [4.78, 5) is 37.6. The number of anilines is 1. The number of nitriles is 1. The van der Waals surface area contributed by atoms with Gasteiger partial charge in [-0.25, -0.2) is 0 Å². The van der Waals surface area contributed by atoms with Gasteiger partial charge in [0.15, 0.2) is 0 Å². The highest BCUT2D eigenvalue weighted by Gasteiger charge is 2.44. The van der Waals surface area contributed by atoms with Crippen molar-refractivity contribution in [3.05, 3.63) is 35.4 Å². The number of piperidine rings is 1. The first-order valence-corrected chi connectivity index (χ1v) is 13.0. The van der Waals surface area contributed by atoms with Crippen molar-refractivity contribution >= 4 is 17.6 Å². The molecule has 2 aromatic rings. The van der Waals surface area contributed by atoms with Gasteiger partial charge in [0.25, 0.3) is 5.91 Å². The molecule has 0 spiro atoms. The van der Waals surface area contributed by atoms with Crippen molar-refractivity contribution in [1.82, 2.24) is 25.3 Å². The van der Waals surface area contributed by atoms with Crippen LogP contribution < -0.4 is 15.0 Å². The molecular formula is C26H30N8O3. The third-order valence-electron chi connectivity index (χ3n) is 7.68. The maximum absolute atomic E-state index is 12.9. The molecule has 1 aliphatic carbocycles. The quantitative estimate of drug-likeness (QED) is 0.574. The molecule has 1 atom stereocenters. The molecule has 2 saturated heterocycles. The maximum Gasteiger partial charge on any atom is 0.322 e. The fraction of sp³-hybridized carbons (Fsp3) is 0.577. The molecule has 3 aliphatic heterocycles. The Hall–Kier alpha value is -3.65. The minimum absolute atomic E-state index is 0.0306. The maximum atomic E-state index is 12.9. The van der Waals surface area contributed by atoms with E-state index in [0.717, 1.165) is 68.8 Å². The first-order valence-electron chi connectivity index (χ1n) is 13.0. The highest BCUT2D eigenvalue weighted by atomic mass is 16.5. The zero-order valence-electron chi connectivity index (χ0n) is 20.7. The molecule has 6 rings (SSSR count). The molecule has 0 bridgehead atoms. The van der Waals surface area contributed by atoms with Crippen LogP contribution in [0.1, 0.15) is 54.0 Å². The first-order chi connectivity index (χ1) is 18.1. The number of ether oxygens (including phenoxy) is 2. The fourth-order valence-corrected chi connectivity index (χ4v) is 5.10. The van der Waals surface area contributed by atoms with Crippen LogP contribution in [0.2, 0.25) is 0 Å². The summed E-state index contributed by atoms with van der Waals surface area (Å²) in [7, 11) is 0. The molecule has 37 heavy (non-hydrogen) atoms. The molecule has 1 saturated carbocycles. The average Bonchev–Trinajstić information content (AvgIpc) is 3.32. The van der Waals surface area contributed by atoms with Crippen LogP contribution in [0.15, 0.2) is 23.3 Å². The van der Waals surface area contributed by atoms with Crippen LogP contribution in [-0.4, -0.2) is 71.0 Å². The van der Waals surface area contributed by atoms with Crippen molar-refractivity contribution in [2.45, 2.75) is 38.6 Å². The average molecular weight is 503 g/mol. The summed E-state index contributed by atoms with van der Waals surface area (Å²) in [6.07, 6.45) is 6.14. The number of carbonyl (C=O) groups excluding carboxylic acids is 1. The number of nitrogens with zero attached hydrogens (tertiary/aromatic N) is 7. The molecule has 1 N–H and O–H groups in total. The number of fused-ring (bicyclic) bond motifs is 1. The largest absolute Gasteiger partial charge is 0.462 e. The van der Waals surface area contributed by atoms with E-state index in [-0.39, 0.29) is 24.3 Å². The lowest BCUT2D eigenvalue weighted by atomic mass is 9.88.